The Bertz CT molecular complexity index is 326. The molecule has 1 aromatic carbocycles. The van der Waals surface area contributed by atoms with E-state index < -0.39 is 0 Å². The van der Waals surface area contributed by atoms with E-state index in [9.17, 15) is 4.79 Å². The van der Waals surface area contributed by atoms with E-state index in [-0.39, 0.29) is 57.3 Å². The molecule has 1 amide bonds. The minimum atomic E-state index is -0.250. The molecule has 0 aliphatic carbocycles. The molecule has 0 bridgehead atoms. The van der Waals surface area contributed by atoms with Crippen LogP contribution in [0.3, 0.4) is 0 Å². The van der Waals surface area contributed by atoms with E-state index in [2.05, 4.69) is 12.4 Å². The van der Waals surface area contributed by atoms with Crippen LogP contribution in [-0.4, -0.2) is 5.91 Å². The van der Waals surface area contributed by atoms with Gasteiger partial charge < -0.3 is 5.32 Å². The summed E-state index contributed by atoms with van der Waals surface area (Å²) in [5.74, 6) is -0.250. The third-order valence-electron chi connectivity index (χ3n) is 1.44. The molecule has 4 heteroatoms. The Morgan fingerprint density at radius 2 is 1.92 bits per heavy atom. The Morgan fingerprint density at radius 3 is 2.31 bits per heavy atom. The zero-order chi connectivity index (χ0) is 8.97. The fourth-order valence-corrected chi connectivity index (χ4v) is 0.798. The normalized spacial score (nSPS) is 8.00. The second-order valence-corrected chi connectivity index (χ2v) is 2.20. The molecule has 0 saturated heterocycles. The molecule has 0 spiro atoms. The van der Waals surface area contributed by atoms with Crippen molar-refractivity contribution in [3.8, 4) is 6.07 Å². The molecular formula is C9H7KN2O. The first-order valence-corrected chi connectivity index (χ1v) is 3.35. The standard InChI is InChI=1S/C9H7N2O.K/c1-11-9(12)8-4-2-7(6-10)3-5-8;/h2-5H,1H2,(H,11,12);/q-1;+1. The smallest absolute Gasteiger partial charge is 0.504 e. The molecule has 1 N–H and O–H groups in total. The van der Waals surface area contributed by atoms with Gasteiger partial charge >= 0.3 is 51.4 Å². The van der Waals surface area contributed by atoms with Crippen LogP contribution in [0.5, 0.6) is 0 Å². The number of nitrogens with zero attached hydrogens (tertiary/aromatic N) is 1. The molecule has 0 aliphatic heterocycles. The zero-order valence-corrected chi connectivity index (χ0v) is 10.5. The number of rotatable bonds is 1. The summed E-state index contributed by atoms with van der Waals surface area (Å²) in [6.45, 7) is 0. The van der Waals surface area contributed by atoms with Gasteiger partial charge in [-0.15, -0.1) is 0 Å². The monoisotopic (exact) mass is 198 g/mol. The Labute approximate surface area is 120 Å². The van der Waals surface area contributed by atoms with Crippen molar-refractivity contribution in [3.63, 3.8) is 0 Å². The largest absolute Gasteiger partial charge is 1.00 e. The van der Waals surface area contributed by atoms with Crippen LogP contribution < -0.4 is 56.7 Å². The quantitative estimate of drug-likeness (QED) is 0.422. The van der Waals surface area contributed by atoms with Crippen LogP contribution in [-0.2, 0) is 0 Å². The van der Waals surface area contributed by atoms with Crippen molar-refractivity contribution in [1.82, 2.24) is 5.32 Å². The maximum absolute atomic E-state index is 11.0. The van der Waals surface area contributed by atoms with E-state index in [4.69, 9.17) is 5.26 Å². The summed E-state index contributed by atoms with van der Waals surface area (Å²) >= 11 is 0. The van der Waals surface area contributed by atoms with Gasteiger partial charge in [0.25, 0.3) is 0 Å². The van der Waals surface area contributed by atoms with Gasteiger partial charge in [0.1, 0.15) is 0 Å². The van der Waals surface area contributed by atoms with Crippen LogP contribution >= 0.6 is 0 Å². The molecule has 1 rings (SSSR count). The van der Waals surface area contributed by atoms with Gasteiger partial charge in [-0.25, -0.2) is 0 Å². The summed E-state index contributed by atoms with van der Waals surface area (Å²) in [5, 5.41) is 10.7. The average molecular weight is 198 g/mol. The van der Waals surface area contributed by atoms with Crippen molar-refractivity contribution in [3.05, 3.63) is 42.4 Å². The summed E-state index contributed by atoms with van der Waals surface area (Å²) in [7, 11) is 3.24. The predicted molar refractivity (Wildman–Crippen MR) is 44.0 cm³/mol. The van der Waals surface area contributed by atoms with Gasteiger partial charge in [-0.3, -0.25) is 11.8 Å². The number of nitrogens with one attached hydrogen (secondary N) is 1. The second kappa shape index (κ2) is 6.30. The first kappa shape index (κ1) is 12.8. The van der Waals surface area contributed by atoms with E-state index in [0.717, 1.165) is 0 Å². The first-order valence-electron chi connectivity index (χ1n) is 3.35. The Hall–Kier alpha value is -0.184. The maximum atomic E-state index is 11.0. The summed E-state index contributed by atoms with van der Waals surface area (Å²) in [6.07, 6.45) is 0. The van der Waals surface area contributed by atoms with Crippen LogP contribution in [0.15, 0.2) is 24.3 Å². The molecule has 0 saturated carbocycles. The molecule has 1 aromatic rings. The van der Waals surface area contributed by atoms with Crippen molar-refractivity contribution >= 4 is 5.91 Å². The maximum Gasteiger partial charge on any atom is 1.00 e. The number of hydrogen-bond donors (Lipinski definition) is 1. The molecule has 13 heavy (non-hydrogen) atoms. The zero-order valence-electron chi connectivity index (χ0n) is 7.37. The van der Waals surface area contributed by atoms with Crippen LogP contribution in [0.4, 0.5) is 0 Å². The van der Waals surface area contributed by atoms with Crippen LogP contribution in [0, 0.1) is 18.4 Å². The van der Waals surface area contributed by atoms with Gasteiger partial charge in [-0.1, -0.05) is 0 Å². The van der Waals surface area contributed by atoms with Crippen molar-refractivity contribution < 1.29 is 56.2 Å². The van der Waals surface area contributed by atoms with E-state index in [0.29, 0.717) is 11.1 Å². The van der Waals surface area contributed by atoms with Crippen LogP contribution in [0.25, 0.3) is 0 Å². The van der Waals surface area contributed by atoms with Crippen LogP contribution in [0.2, 0.25) is 0 Å². The van der Waals surface area contributed by atoms with Gasteiger partial charge in [0.15, 0.2) is 0 Å². The SMILES string of the molecule is [CH2-]NC(=O)c1ccc(C#N)cc1.[K+]. The molecule has 0 fully saturated rings. The molecule has 0 atom stereocenters. The van der Waals surface area contributed by atoms with E-state index in [1.54, 1.807) is 24.3 Å². The summed E-state index contributed by atoms with van der Waals surface area (Å²) < 4.78 is 0. The fourth-order valence-electron chi connectivity index (χ4n) is 0.798. The second-order valence-electron chi connectivity index (χ2n) is 2.20. The third kappa shape index (κ3) is 3.59. The third-order valence-corrected chi connectivity index (χ3v) is 1.44. The fraction of sp³-hybridized carbons (Fsp3) is 0. The van der Waals surface area contributed by atoms with E-state index in [1.165, 1.54) is 0 Å². The van der Waals surface area contributed by atoms with Crippen molar-refractivity contribution in [2.24, 2.45) is 0 Å². The minimum absolute atomic E-state index is 0. The molecule has 60 valence electrons. The molecule has 0 heterocycles. The summed E-state index contributed by atoms with van der Waals surface area (Å²) in [5.41, 5.74) is 1.04. The number of carbonyl (C=O) groups is 1. The number of carbonyl (C=O) groups excluding carboxylic acids is 1. The minimum Gasteiger partial charge on any atom is -0.504 e. The molecule has 0 radical (unpaired) electrons. The van der Waals surface area contributed by atoms with E-state index >= 15 is 0 Å². The number of hydrogen-bond acceptors (Lipinski definition) is 2. The van der Waals surface area contributed by atoms with Gasteiger partial charge in [-0.05, 0) is 24.3 Å². The van der Waals surface area contributed by atoms with Gasteiger partial charge in [-0.2, -0.15) is 5.26 Å². The van der Waals surface area contributed by atoms with Crippen molar-refractivity contribution in [2.75, 3.05) is 0 Å². The molecular weight excluding hydrogens is 191 g/mol. The van der Waals surface area contributed by atoms with E-state index in [1.807, 2.05) is 6.07 Å². The van der Waals surface area contributed by atoms with Crippen molar-refractivity contribution in [2.45, 2.75) is 0 Å². The summed E-state index contributed by atoms with van der Waals surface area (Å²) in [4.78, 5) is 11.0. The Morgan fingerprint density at radius 1 is 1.38 bits per heavy atom. The first-order chi connectivity index (χ1) is 5.77. The molecule has 0 aliphatic rings. The molecule has 0 unspecified atom stereocenters. The van der Waals surface area contributed by atoms with Gasteiger partial charge in [0, 0.05) is 5.56 Å². The number of nitriles is 1. The van der Waals surface area contributed by atoms with Gasteiger partial charge in [0.2, 0.25) is 5.91 Å². The molecule has 3 nitrogen and oxygen atoms in total. The number of amides is 1. The Kier molecular flexibility index (Phi) is 6.21. The average Bonchev–Trinajstić information content (AvgIpc) is 2.17. The van der Waals surface area contributed by atoms with Gasteiger partial charge in [0.05, 0.1) is 11.6 Å². The number of benzene rings is 1. The van der Waals surface area contributed by atoms with Crippen LogP contribution in [0.1, 0.15) is 15.9 Å². The topological polar surface area (TPSA) is 52.9 Å². The summed E-state index contributed by atoms with van der Waals surface area (Å²) in [6, 6.07) is 8.30. The Balaban J connectivity index is 0.00000144. The molecule has 0 aromatic heterocycles. The van der Waals surface area contributed by atoms with Crippen molar-refractivity contribution in [1.29, 1.82) is 5.26 Å². The predicted octanol–water partition coefficient (Wildman–Crippen LogP) is -1.92.